The third-order valence-corrected chi connectivity index (χ3v) is 4.68. The predicted molar refractivity (Wildman–Crippen MR) is 110 cm³/mol. The molecule has 4 rings (SSSR count). The van der Waals surface area contributed by atoms with Crippen LogP contribution in [0.2, 0.25) is 0 Å². The smallest absolute Gasteiger partial charge is 0.320 e. The molecule has 2 amide bonds. The number of hydrogen-bond acceptors (Lipinski definition) is 4. The fourth-order valence-electron chi connectivity index (χ4n) is 3.30. The third kappa shape index (κ3) is 3.91. The molecule has 0 saturated carbocycles. The standard InChI is InChI=1S/C22H17F2N4O2/c23-17-11-6-12-18(24)20(17)26-22(29)27-21-16-10-5-4-9-15(16)19(25-13-28(21)30)14-7-2-1-3-8-14/h1-12,21H,13H2,(H2,26,27,29)/q-1. The first-order valence-electron chi connectivity index (χ1n) is 9.19. The maximum absolute atomic E-state index is 13.8. The van der Waals surface area contributed by atoms with Crippen LogP contribution in [0.1, 0.15) is 22.9 Å². The fourth-order valence-corrected chi connectivity index (χ4v) is 3.30. The quantitative estimate of drug-likeness (QED) is 0.676. The minimum absolute atomic E-state index is 0.224. The summed E-state index contributed by atoms with van der Waals surface area (Å²) in [5, 5.41) is 17.9. The van der Waals surface area contributed by atoms with Crippen LogP contribution in [0.5, 0.6) is 0 Å². The number of hydroxylamine groups is 2. The van der Waals surface area contributed by atoms with E-state index in [1.165, 1.54) is 6.07 Å². The van der Waals surface area contributed by atoms with E-state index in [1.54, 1.807) is 12.1 Å². The van der Waals surface area contributed by atoms with Gasteiger partial charge in [0.05, 0.1) is 12.4 Å². The van der Waals surface area contributed by atoms with Gasteiger partial charge in [-0.25, -0.2) is 13.6 Å². The van der Waals surface area contributed by atoms with Crippen molar-refractivity contribution in [2.45, 2.75) is 6.17 Å². The molecule has 0 aliphatic carbocycles. The van der Waals surface area contributed by atoms with Gasteiger partial charge in [0.1, 0.15) is 23.5 Å². The molecule has 152 valence electrons. The normalized spacial score (nSPS) is 16.2. The van der Waals surface area contributed by atoms with E-state index in [1.807, 2.05) is 42.5 Å². The molecule has 3 aromatic rings. The summed E-state index contributed by atoms with van der Waals surface area (Å²) in [6.07, 6.45) is -1.10. The van der Waals surface area contributed by atoms with E-state index in [9.17, 15) is 18.8 Å². The van der Waals surface area contributed by atoms with Crippen molar-refractivity contribution in [2.75, 3.05) is 12.0 Å². The second kappa shape index (κ2) is 8.40. The highest BCUT2D eigenvalue weighted by molar-refractivity contribution is 6.14. The van der Waals surface area contributed by atoms with Gasteiger partial charge in [0, 0.05) is 11.1 Å². The molecule has 2 N–H and O–H groups in total. The summed E-state index contributed by atoms with van der Waals surface area (Å²) in [6.45, 7) is -0.224. The van der Waals surface area contributed by atoms with Crippen LogP contribution in [0, 0.1) is 16.8 Å². The van der Waals surface area contributed by atoms with Gasteiger partial charge in [0.25, 0.3) is 0 Å². The number of para-hydroxylation sites is 1. The predicted octanol–water partition coefficient (Wildman–Crippen LogP) is 4.39. The van der Waals surface area contributed by atoms with Crippen molar-refractivity contribution in [1.29, 1.82) is 0 Å². The van der Waals surface area contributed by atoms with Gasteiger partial charge in [-0.05, 0) is 17.7 Å². The van der Waals surface area contributed by atoms with E-state index >= 15 is 0 Å². The van der Waals surface area contributed by atoms with Crippen molar-refractivity contribution in [3.05, 3.63) is 106 Å². The van der Waals surface area contributed by atoms with E-state index in [2.05, 4.69) is 15.6 Å². The number of halogens is 2. The molecule has 0 saturated heterocycles. The average Bonchev–Trinajstić information content (AvgIpc) is 2.89. The van der Waals surface area contributed by atoms with Gasteiger partial charge >= 0.3 is 6.03 Å². The second-order valence-electron chi connectivity index (χ2n) is 6.62. The Morgan fingerprint density at radius 3 is 2.37 bits per heavy atom. The second-order valence-corrected chi connectivity index (χ2v) is 6.62. The number of rotatable bonds is 3. The van der Waals surface area contributed by atoms with Gasteiger partial charge < -0.3 is 20.9 Å². The first-order valence-corrected chi connectivity index (χ1v) is 9.19. The number of carbonyl (C=O) groups is 1. The van der Waals surface area contributed by atoms with E-state index in [-0.39, 0.29) is 6.67 Å². The molecular formula is C22H17F2N4O2-. The topological polar surface area (TPSA) is 79.8 Å². The largest absolute Gasteiger partial charge is 0.782 e. The number of nitrogens with zero attached hydrogens (tertiary/aromatic N) is 2. The van der Waals surface area contributed by atoms with Gasteiger partial charge in [-0.3, -0.25) is 4.99 Å². The number of urea groups is 1. The van der Waals surface area contributed by atoms with Crippen LogP contribution in [0.3, 0.4) is 0 Å². The van der Waals surface area contributed by atoms with Crippen molar-refractivity contribution in [3.8, 4) is 0 Å². The Kier molecular flexibility index (Phi) is 5.51. The maximum Gasteiger partial charge on any atom is 0.320 e. The summed E-state index contributed by atoms with van der Waals surface area (Å²) in [5.74, 6) is -1.83. The third-order valence-electron chi connectivity index (χ3n) is 4.68. The summed E-state index contributed by atoms with van der Waals surface area (Å²) in [6, 6.07) is 18.8. The van der Waals surface area contributed by atoms with Crippen LogP contribution >= 0.6 is 0 Å². The SMILES string of the molecule is O=C(Nc1c(F)cccc1F)NC1c2ccccc2C(c2ccccc2)=NCN1[O-]. The van der Waals surface area contributed by atoms with Crippen LogP contribution in [0.15, 0.2) is 77.8 Å². The summed E-state index contributed by atoms with van der Waals surface area (Å²) >= 11 is 0. The zero-order chi connectivity index (χ0) is 21.1. The van der Waals surface area contributed by atoms with E-state index in [0.717, 1.165) is 17.7 Å². The highest BCUT2D eigenvalue weighted by Crippen LogP contribution is 2.27. The Morgan fingerprint density at radius 1 is 0.967 bits per heavy atom. The minimum atomic E-state index is -1.10. The van der Waals surface area contributed by atoms with Gasteiger partial charge in [-0.15, -0.1) is 0 Å². The molecule has 1 aliphatic heterocycles. The van der Waals surface area contributed by atoms with Gasteiger partial charge in [0.15, 0.2) is 0 Å². The monoisotopic (exact) mass is 407 g/mol. The number of carbonyl (C=O) groups excluding carboxylic acids is 1. The highest BCUT2D eigenvalue weighted by atomic mass is 19.1. The lowest BCUT2D eigenvalue weighted by Gasteiger charge is -2.35. The van der Waals surface area contributed by atoms with Crippen molar-refractivity contribution in [2.24, 2.45) is 4.99 Å². The Labute approximate surface area is 171 Å². The molecule has 0 aromatic heterocycles. The first-order chi connectivity index (χ1) is 14.5. The molecule has 1 unspecified atom stereocenters. The van der Waals surface area contributed by atoms with E-state index in [4.69, 9.17) is 0 Å². The minimum Gasteiger partial charge on any atom is -0.782 e. The zero-order valence-electron chi connectivity index (χ0n) is 15.7. The van der Waals surface area contributed by atoms with E-state index < -0.39 is 29.5 Å². The van der Waals surface area contributed by atoms with Crippen molar-refractivity contribution < 1.29 is 13.6 Å². The number of anilines is 1. The molecule has 1 heterocycles. The van der Waals surface area contributed by atoms with Crippen LogP contribution in [-0.2, 0) is 0 Å². The maximum atomic E-state index is 13.8. The molecule has 1 aliphatic rings. The number of aliphatic imine (C=N–C) groups is 1. The van der Waals surface area contributed by atoms with Crippen LogP contribution in [0.25, 0.3) is 0 Å². The molecular weight excluding hydrogens is 390 g/mol. The number of hydrogen-bond donors (Lipinski definition) is 2. The number of benzene rings is 3. The Balaban J connectivity index is 1.64. The van der Waals surface area contributed by atoms with Crippen LogP contribution < -0.4 is 10.6 Å². The van der Waals surface area contributed by atoms with Crippen molar-refractivity contribution >= 4 is 17.4 Å². The lowest BCUT2D eigenvalue weighted by molar-refractivity contribution is 0.220. The number of nitrogens with one attached hydrogen (secondary N) is 2. The summed E-state index contributed by atoms with van der Waals surface area (Å²) in [5.41, 5.74) is 2.07. The highest BCUT2D eigenvalue weighted by Gasteiger charge is 2.25. The molecule has 30 heavy (non-hydrogen) atoms. The first kappa shape index (κ1) is 19.7. The summed E-state index contributed by atoms with van der Waals surface area (Å²) < 4.78 is 27.7. The average molecular weight is 407 g/mol. The molecule has 6 nitrogen and oxygen atoms in total. The molecule has 3 aromatic carbocycles. The van der Waals surface area contributed by atoms with Gasteiger partial charge in [0.2, 0.25) is 0 Å². The van der Waals surface area contributed by atoms with Crippen molar-refractivity contribution in [1.82, 2.24) is 10.4 Å². The molecule has 1 atom stereocenters. The number of fused-ring (bicyclic) bond motifs is 1. The summed E-state index contributed by atoms with van der Waals surface area (Å²) in [7, 11) is 0. The molecule has 8 heteroatoms. The molecule has 0 fully saturated rings. The van der Waals surface area contributed by atoms with Gasteiger partial charge in [-0.1, -0.05) is 60.7 Å². The molecule has 0 radical (unpaired) electrons. The fraction of sp³-hybridized carbons (Fsp3) is 0.0909. The summed E-state index contributed by atoms with van der Waals surface area (Å²) in [4.78, 5) is 16.9. The number of amides is 2. The molecule has 0 spiro atoms. The lowest BCUT2D eigenvalue weighted by Crippen LogP contribution is -2.40. The lowest BCUT2D eigenvalue weighted by atomic mass is 9.96. The van der Waals surface area contributed by atoms with Crippen LogP contribution in [0.4, 0.5) is 19.3 Å². The van der Waals surface area contributed by atoms with E-state index in [0.29, 0.717) is 21.9 Å². The Hall–Kier alpha value is -3.62. The van der Waals surface area contributed by atoms with Crippen molar-refractivity contribution in [3.63, 3.8) is 0 Å². The molecule has 0 bridgehead atoms. The Bertz CT molecular complexity index is 1090. The zero-order valence-corrected chi connectivity index (χ0v) is 15.7. The Morgan fingerprint density at radius 2 is 1.63 bits per heavy atom. The van der Waals surface area contributed by atoms with Crippen LogP contribution in [-0.4, -0.2) is 23.5 Å². The van der Waals surface area contributed by atoms with Gasteiger partial charge in [-0.2, -0.15) is 0 Å².